The van der Waals surface area contributed by atoms with Crippen LogP contribution in [-0.4, -0.2) is 29.6 Å². The third-order valence-electron chi connectivity index (χ3n) is 5.09. The summed E-state index contributed by atoms with van der Waals surface area (Å²) in [6.45, 7) is 1.80. The third kappa shape index (κ3) is 4.19. The standard InChI is InChI=1S/C22H23FN2O2/c1-26-21-9-2-5-16(12-21)11-20-8-4-10-25(20)14-19-15-27-22(24-19)17-6-3-7-18(23)13-17/h2-3,5-7,9,12-13,15,20H,4,8,10-11,14H2,1H3/t20-/m0/s1. The average Bonchev–Trinajstić information content (AvgIpc) is 3.32. The smallest absolute Gasteiger partial charge is 0.226 e. The van der Waals surface area contributed by atoms with Gasteiger partial charge in [0, 0.05) is 18.2 Å². The molecule has 0 aliphatic carbocycles. The predicted molar refractivity (Wildman–Crippen MR) is 102 cm³/mol. The third-order valence-corrected chi connectivity index (χ3v) is 5.09. The first-order valence-electron chi connectivity index (χ1n) is 9.28. The summed E-state index contributed by atoms with van der Waals surface area (Å²) < 4.78 is 24.3. The molecule has 0 radical (unpaired) electrons. The fourth-order valence-electron chi connectivity index (χ4n) is 3.75. The second kappa shape index (κ2) is 7.92. The molecule has 0 bridgehead atoms. The Morgan fingerprint density at radius 2 is 2.11 bits per heavy atom. The minimum absolute atomic E-state index is 0.287. The van der Waals surface area contributed by atoms with Gasteiger partial charge in [-0.15, -0.1) is 0 Å². The molecule has 1 saturated heterocycles. The van der Waals surface area contributed by atoms with Crippen LogP contribution < -0.4 is 4.74 Å². The molecule has 0 unspecified atom stereocenters. The summed E-state index contributed by atoms with van der Waals surface area (Å²) in [6, 6.07) is 15.1. The maximum Gasteiger partial charge on any atom is 0.226 e. The molecular formula is C22H23FN2O2. The topological polar surface area (TPSA) is 38.5 Å². The summed E-state index contributed by atoms with van der Waals surface area (Å²) in [5, 5.41) is 0. The molecule has 1 aliphatic rings. The van der Waals surface area contributed by atoms with Gasteiger partial charge in [-0.2, -0.15) is 0 Å². The lowest BCUT2D eigenvalue weighted by Crippen LogP contribution is -2.30. The van der Waals surface area contributed by atoms with E-state index in [4.69, 9.17) is 9.15 Å². The van der Waals surface area contributed by atoms with Crippen LogP contribution in [0.2, 0.25) is 0 Å². The summed E-state index contributed by atoms with van der Waals surface area (Å²) in [5.74, 6) is 1.08. The molecule has 1 fully saturated rings. The molecule has 0 spiro atoms. The number of hydrogen-bond acceptors (Lipinski definition) is 4. The summed E-state index contributed by atoms with van der Waals surface area (Å²) >= 11 is 0. The van der Waals surface area contributed by atoms with Gasteiger partial charge in [-0.05, 0) is 61.7 Å². The Hall–Kier alpha value is -2.66. The summed E-state index contributed by atoms with van der Waals surface area (Å²) in [7, 11) is 1.70. The molecular weight excluding hydrogens is 343 g/mol. The monoisotopic (exact) mass is 366 g/mol. The van der Waals surface area contributed by atoms with Crippen molar-refractivity contribution in [1.29, 1.82) is 0 Å². The summed E-state index contributed by atoms with van der Waals surface area (Å²) in [5.41, 5.74) is 2.83. The first-order chi connectivity index (χ1) is 13.2. The van der Waals surface area contributed by atoms with Crippen LogP contribution in [0.3, 0.4) is 0 Å². The predicted octanol–water partition coefficient (Wildman–Crippen LogP) is 4.70. The van der Waals surface area contributed by atoms with Crippen LogP contribution in [0.4, 0.5) is 4.39 Å². The Balaban J connectivity index is 1.44. The van der Waals surface area contributed by atoms with E-state index < -0.39 is 0 Å². The van der Waals surface area contributed by atoms with Crippen LogP contribution in [0.15, 0.2) is 59.2 Å². The number of ether oxygens (including phenoxy) is 1. The quantitative estimate of drug-likeness (QED) is 0.634. The number of likely N-dealkylation sites (tertiary alicyclic amines) is 1. The van der Waals surface area contributed by atoms with Crippen molar-refractivity contribution < 1.29 is 13.5 Å². The molecule has 4 rings (SSSR count). The van der Waals surface area contributed by atoms with Gasteiger partial charge in [-0.1, -0.05) is 18.2 Å². The first kappa shape index (κ1) is 17.7. The van der Waals surface area contributed by atoms with E-state index >= 15 is 0 Å². The van der Waals surface area contributed by atoms with Crippen molar-refractivity contribution in [3.8, 4) is 17.2 Å². The number of methoxy groups -OCH3 is 1. The average molecular weight is 366 g/mol. The minimum atomic E-state index is -0.287. The van der Waals surface area contributed by atoms with Gasteiger partial charge < -0.3 is 9.15 Å². The van der Waals surface area contributed by atoms with Gasteiger partial charge in [0.2, 0.25) is 5.89 Å². The molecule has 0 amide bonds. The van der Waals surface area contributed by atoms with Crippen molar-refractivity contribution in [2.45, 2.75) is 31.8 Å². The summed E-state index contributed by atoms with van der Waals surface area (Å²) in [4.78, 5) is 7.01. The molecule has 5 heteroatoms. The molecule has 2 heterocycles. The molecule has 0 N–H and O–H groups in total. The fourth-order valence-corrected chi connectivity index (χ4v) is 3.75. The normalized spacial score (nSPS) is 17.3. The van der Waals surface area contributed by atoms with Crippen LogP contribution in [0.25, 0.3) is 11.5 Å². The lowest BCUT2D eigenvalue weighted by atomic mass is 10.0. The fraction of sp³-hybridized carbons (Fsp3) is 0.318. The zero-order chi connectivity index (χ0) is 18.6. The molecule has 1 atom stereocenters. The first-order valence-corrected chi connectivity index (χ1v) is 9.28. The lowest BCUT2D eigenvalue weighted by Gasteiger charge is -2.23. The maximum atomic E-state index is 13.4. The zero-order valence-corrected chi connectivity index (χ0v) is 15.4. The zero-order valence-electron chi connectivity index (χ0n) is 15.4. The highest BCUT2D eigenvalue weighted by Crippen LogP contribution is 2.26. The highest BCUT2D eigenvalue weighted by Gasteiger charge is 2.25. The lowest BCUT2D eigenvalue weighted by molar-refractivity contribution is 0.241. The van der Waals surface area contributed by atoms with Crippen molar-refractivity contribution in [2.75, 3.05) is 13.7 Å². The van der Waals surface area contributed by atoms with Gasteiger partial charge in [0.15, 0.2) is 0 Å². The Morgan fingerprint density at radius 3 is 2.96 bits per heavy atom. The molecule has 4 nitrogen and oxygen atoms in total. The Kier molecular flexibility index (Phi) is 5.21. The van der Waals surface area contributed by atoms with Gasteiger partial charge in [-0.3, -0.25) is 4.90 Å². The maximum absolute atomic E-state index is 13.4. The van der Waals surface area contributed by atoms with Gasteiger partial charge in [0.25, 0.3) is 0 Å². The molecule has 0 saturated carbocycles. The molecule has 3 aromatic rings. The Morgan fingerprint density at radius 1 is 1.22 bits per heavy atom. The van der Waals surface area contributed by atoms with Crippen molar-refractivity contribution in [2.24, 2.45) is 0 Å². The van der Waals surface area contributed by atoms with Gasteiger partial charge in [-0.25, -0.2) is 9.37 Å². The van der Waals surface area contributed by atoms with Crippen molar-refractivity contribution in [3.63, 3.8) is 0 Å². The van der Waals surface area contributed by atoms with Crippen LogP contribution in [0.5, 0.6) is 5.75 Å². The van der Waals surface area contributed by atoms with E-state index in [9.17, 15) is 4.39 Å². The molecule has 140 valence electrons. The number of hydrogen-bond donors (Lipinski definition) is 0. The van der Waals surface area contributed by atoms with E-state index in [0.717, 1.165) is 31.0 Å². The largest absolute Gasteiger partial charge is 0.497 e. The number of aromatic nitrogens is 1. The van der Waals surface area contributed by atoms with E-state index in [1.165, 1.54) is 30.5 Å². The second-order valence-corrected chi connectivity index (χ2v) is 6.98. The van der Waals surface area contributed by atoms with Crippen LogP contribution in [-0.2, 0) is 13.0 Å². The molecule has 2 aromatic carbocycles. The van der Waals surface area contributed by atoms with Gasteiger partial charge >= 0.3 is 0 Å². The van der Waals surface area contributed by atoms with E-state index in [1.54, 1.807) is 25.5 Å². The molecule has 1 aromatic heterocycles. The second-order valence-electron chi connectivity index (χ2n) is 6.98. The Bertz CT molecular complexity index is 909. The van der Waals surface area contributed by atoms with Gasteiger partial charge in [0.1, 0.15) is 17.8 Å². The van der Waals surface area contributed by atoms with E-state index in [-0.39, 0.29) is 5.82 Å². The van der Waals surface area contributed by atoms with Crippen molar-refractivity contribution >= 4 is 0 Å². The van der Waals surface area contributed by atoms with Crippen molar-refractivity contribution in [3.05, 3.63) is 71.9 Å². The van der Waals surface area contributed by atoms with Gasteiger partial charge in [0.05, 0.1) is 12.8 Å². The minimum Gasteiger partial charge on any atom is -0.497 e. The molecule has 1 aliphatic heterocycles. The number of oxazole rings is 1. The number of benzene rings is 2. The van der Waals surface area contributed by atoms with E-state index in [1.807, 2.05) is 12.1 Å². The number of halogens is 1. The van der Waals surface area contributed by atoms with Crippen LogP contribution in [0.1, 0.15) is 24.1 Å². The molecule has 27 heavy (non-hydrogen) atoms. The summed E-state index contributed by atoms with van der Waals surface area (Å²) in [6.07, 6.45) is 5.03. The highest BCUT2D eigenvalue weighted by atomic mass is 19.1. The number of rotatable bonds is 6. The van der Waals surface area contributed by atoms with E-state index in [0.29, 0.717) is 17.5 Å². The highest BCUT2D eigenvalue weighted by molar-refractivity contribution is 5.52. The van der Waals surface area contributed by atoms with Crippen molar-refractivity contribution in [1.82, 2.24) is 9.88 Å². The number of nitrogens with zero attached hydrogens (tertiary/aromatic N) is 2. The van der Waals surface area contributed by atoms with Crippen LogP contribution in [0, 0.1) is 5.82 Å². The van der Waals surface area contributed by atoms with E-state index in [2.05, 4.69) is 22.0 Å². The Labute approximate surface area is 158 Å². The SMILES string of the molecule is COc1cccc(C[C@@H]2CCCN2Cc2coc(-c3cccc(F)c3)n2)c1. The van der Waals surface area contributed by atoms with Crippen LogP contribution >= 0.6 is 0 Å².